The van der Waals surface area contributed by atoms with Crippen LogP contribution in [0.25, 0.3) is 0 Å². The highest BCUT2D eigenvalue weighted by Crippen LogP contribution is 2.31. The van der Waals surface area contributed by atoms with Gasteiger partial charge >= 0.3 is 5.69 Å². The lowest BCUT2D eigenvalue weighted by Gasteiger charge is -2.26. The number of anilines is 1. The molecule has 1 saturated heterocycles. The molecule has 1 aromatic rings. The van der Waals surface area contributed by atoms with Crippen molar-refractivity contribution in [2.45, 2.75) is 0 Å². The van der Waals surface area contributed by atoms with E-state index in [1.807, 2.05) is 0 Å². The molecule has 7 nitrogen and oxygen atoms in total. The van der Waals surface area contributed by atoms with Crippen molar-refractivity contribution < 1.29 is 9.13 Å². The topological polar surface area (TPSA) is 89.2 Å². The van der Waals surface area contributed by atoms with E-state index in [1.165, 1.54) is 6.33 Å². The van der Waals surface area contributed by atoms with E-state index in [0.29, 0.717) is 24.6 Å². The van der Waals surface area contributed by atoms with Crippen LogP contribution in [0, 0.1) is 10.1 Å². The molecule has 0 saturated carbocycles. The summed E-state index contributed by atoms with van der Waals surface area (Å²) in [4.78, 5) is 19.5. The van der Waals surface area contributed by atoms with Gasteiger partial charge < -0.3 is 4.90 Å². The predicted molar refractivity (Wildman–Crippen MR) is 63.8 cm³/mol. The highest BCUT2D eigenvalue weighted by Gasteiger charge is 2.27. The molecule has 1 aliphatic heterocycles. The van der Waals surface area contributed by atoms with Gasteiger partial charge in [0.1, 0.15) is 6.33 Å². The largest absolute Gasteiger partial charge is 0.349 e. The summed E-state index contributed by atoms with van der Waals surface area (Å²) in [6.07, 6.45) is 1.19. The maximum Gasteiger partial charge on any atom is 0.348 e. The monoisotopic (exact) mass is 276 g/mol. The maximum atomic E-state index is 11.2. The molecule has 0 aliphatic carbocycles. The Hall–Kier alpha value is -1.28. The molecule has 0 N–H and O–H groups in total. The Morgan fingerprint density at radius 2 is 2.06 bits per heavy atom. The first-order valence-corrected chi connectivity index (χ1v) is 6.71. The Balaban J connectivity index is 2.35. The Morgan fingerprint density at radius 3 is 2.65 bits per heavy atom. The zero-order valence-electron chi connectivity index (χ0n) is 8.71. The van der Waals surface area contributed by atoms with Crippen LogP contribution in [0.15, 0.2) is 6.33 Å². The molecule has 1 fully saturated rings. The number of hydrogen-bond donors (Lipinski definition) is 0. The standard InChI is InChI=1S/C8H9ClN4O3S/c9-7-6(13(14)15)8(11-5-10-7)12-1-3-17(16)4-2-12/h5H,1-4H2. The van der Waals surface area contributed by atoms with Crippen LogP contribution < -0.4 is 4.90 Å². The highest BCUT2D eigenvalue weighted by molar-refractivity contribution is 7.85. The third-order valence-corrected chi connectivity index (χ3v) is 3.97. The molecular formula is C8H9ClN4O3S. The van der Waals surface area contributed by atoms with E-state index in [-0.39, 0.29) is 16.7 Å². The SMILES string of the molecule is O=[N+]([O-])c1c(Cl)ncnc1N1CCS(=O)CC1. The molecule has 1 aliphatic rings. The van der Waals surface area contributed by atoms with Crippen LogP contribution in [-0.4, -0.2) is 43.7 Å². The van der Waals surface area contributed by atoms with Crippen LogP contribution >= 0.6 is 11.6 Å². The minimum absolute atomic E-state index is 0.174. The lowest BCUT2D eigenvalue weighted by Crippen LogP contribution is -2.38. The third-order valence-electron chi connectivity index (χ3n) is 2.42. The van der Waals surface area contributed by atoms with Gasteiger partial charge in [0, 0.05) is 35.4 Å². The zero-order valence-corrected chi connectivity index (χ0v) is 10.3. The maximum absolute atomic E-state index is 11.2. The van der Waals surface area contributed by atoms with Gasteiger partial charge in [0.25, 0.3) is 0 Å². The lowest BCUT2D eigenvalue weighted by atomic mass is 10.4. The first-order valence-electron chi connectivity index (χ1n) is 4.84. The van der Waals surface area contributed by atoms with Gasteiger partial charge in [-0.05, 0) is 0 Å². The van der Waals surface area contributed by atoms with Crippen molar-refractivity contribution in [1.82, 2.24) is 9.97 Å². The molecule has 1 aromatic heterocycles. The van der Waals surface area contributed by atoms with E-state index in [0.717, 1.165) is 0 Å². The number of nitro groups is 1. The quantitative estimate of drug-likeness (QED) is 0.447. The van der Waals surface area contributed by atoms with E-state index in [2.05, 4.69) is 9.97 Å². The predicted octanol–water partition coefficient (Wildman–Crippen LogP) is 0.607. The average molecular weight is 277 g/mol. The van der Waals surface area contributed by atoms with Gasteiger partial charge in [0.15, 0.2) is 0 Å². The Morgan fingerprint density at radius 1 is 1.41 bits per heavy atom. The van der Waals surface area contributed by atoms with E-state index in [1.54, 1.807) is 4.90 Å². The molecular weight excluding hydrogens is 268 g/mol. The fourth-order valence-electron chi connectivity index (χ4n) is 1.59. The number of nitrogens with zero attached hydrogens (tertiary/aromatic N) is 4. The first-order chi connectivity index (χ1) is 8.09. The Kier molecular flexibility index (Phi) is 3.53. The van der Waals surface area contributed by atoms with Gasteiger partial charge in [-0.25, -0.2) is 9.97 Å². The summed E-state index contributed by atoms with van der Waals surface area (Å²) in [6.45, 7) is 0.946. The molecule has 2 heterocycles. The van der Waals surface area contributed by atoms with Crippen molar-refractivity contribution in [2.24, 2.45) is 0 Å². The van der Waals surface area contributed by atoms with Gasteiger partial charge in [0.2, 0.25) is 11.0 Å². The molecule has 0 atom stereocenters. The minimum Gasteiger partial charge on any atom is -0.349 e. The summed E-state index contributed by atoms with van der Waals surface area (Å²) in [7, 11) is -0.845. The summed E-state index contributed by atoms with van der Waals surface area (Å²) >= 11 is 5.69. The van der Waals surface area contributed by atoms with Crippen LogP contribution in [0.1, 0.15) is 0 Å². The van der Waals surface area contributed by atoms with E-state index in [9.17, 15) is 14.3 Å². The van der Waals surface area contributed by atoms with Crippen molar-refractivity contribution in [1.29, 1.82) is 0 Å². The molecule has 92 valence electrons. The third kappa shape index (κ3) is 2.52. The van der Waals surface area contributed by atoms with Crippen LogP contribution in [0.5, 0.6) is 0 Å². The highest BCUT2D eigenvalue weighted by atomic mass is 35.5. The molecule has 9 heteroatoms. The summed E-state index contributed by atoms with van der Waals surface area (Å²) < 4.78 is 11.2. The van der Waals surface area contributed by atoms with Crippen LogP contribution in [0.3, 0.4) is 0 Å². The van der Waals surface area contributed by atoms with E-state index < -0.39 is 15.7 Å². The van der Waals surface area contributed by atoms with Gasteiger partial charge in [-0.15, -0.1) is 0 Å². The van der Waals surface area contributed by atoms with Gasteiger partial charge in [-0.1, -0.05) is 11.6 Å². The Labute approximate surface area is 104 Å². The van der Waals surface area contributed by atoms with Crippen molar-refractivity contribution in [3.8, 4) is 0 Å². The van der Waals surface area contributed by atoms with Crippen LogP contribution in [0.2, 0.25) is 5.15 Å². The summed E-state index contributed by atoms with van der Waals surface area (Å²) in [5.74, 6) is 1.17. The van der Waals surface area contributed by atoms with E-state index in [4.69, 9.17) is 11.6 Å². The second kappa shape index (κ2) is 4.92. The minimum atomic E-state index is -0.845. The fourth-order valence-corrected chi connectivity index (χ4v) is 2.84. The van der Waals surface area contributed by atoms with Crippen molar-refractivity contribution >= 4 is 33.9 Å². The normalized spacial score (nSPS) is 17.1. The van der Waals surface area contributed by atoms with Gasteiger partial charge in [0.05, 0.1) is 4.92 Å². The van der Waals surface area contributed by atoms with Crippen molar-refractivity contribution in [2.75, 3.05) is 29.5 Å². The number of aromatic nitrogens is 2. The second-order valence-corrected chi connectivity index (χ2v) is 5.48. The molecule has 0 spiro atoms. The van der Waals surface area contributed by atoms with Crippen LogP contribution in [-0.2, 0) is 10.8 Å². The average Bonchev–Trinajstić information content (AvgIpc) is 2.29. The molecule has 0 aromatic carbocycles. The summed E-state index contributed by atoms with van der Waals surface area (Å²) in [6, 6.07) is 0. The van der Waals surface area contributed by atoms with Gasteiger partial charge in [-0.3, -0.25) is 14.3 Å². The number of halogens is 1. The van der Waals surface area contributed by atoms with Crippen molar-refractivity contribution in [3.05, 3.63) is 21.6 Å². The molecule has 0 amide bonds. The first kappa shape index (κ1) is 12.2. The summed E-state index contributed by atoms with van der Waals surface area (Å²) in [5.41, 5.74) is -0.290. The zero-order chi connectivity index (χ0) is 12.4. The van der Waals surface area contributed by atoms with Crippen LogP contribution in [0.4, 0.5) is 11.5 Å². The molecule has 0 radical (unpaired) electrons. The van der Waals surface area contributed by atoms with Crippen molar-refractivity contribution in [3.63, 3.8) is 0 Å². The molecule has 2 rings (SSSR count). The molecule has 0 bridgehead atoms. The second-order valence-electron chi connectivity index (χ2n) is 3.43. The number of rotatable bonds is 2. The fraction of sp³-hybridized carbons (Fsp3) is 0.500. The number of hydrogen-bond acceptors (Lipinski definition) is 6. The van der Waals surface area contributed by atoms with E-state index >= 15 is 0 Å². The lowest BCUT2D eigenvalue weighted by molar-refractivity contribution is -0.384. The smallest absolute Gasteiger partial charge is 0.348 e. The Bertz CT molecular complexity index is 474. The van der Waals surface area contributed by atoms with Gasteiger partial charge in [-0.2, -0.15) is 0 Å². The molecule has 0 unspecified atom stereocenters. The summed E-state index contributed by atoms with van der Waals surface area (Å²) in [5, 5.41) is 10.7. The molecule has 17 heavy (non-hydrogen) atoms.